The van der Waals surface area contributed by atoms with Crippen LogP contribution in [0.3, 0.4) is 0 Å². The van der Waals surface area contributed by atoms with Gasteiger partial charge in [0.15, 0.2) is 0 Å². The topological polar surface area (TPSA) is 116 Å². The van der Waals surface area contributed by atoms with Crippen LogP contribution in [0, 0.1) is 10.1 Å². The Labute approximate surface area is 160 Å². The Balaban J connectivity index is 1.81. The van der Waals surface area contributed by atoms with Crippen molar-refractivity contribution >= 4 is 50.0 Å². The second-order valence-electron chi connectivity index (χ2n) is 5.71. The van der Waals surface area contributed by atoms with Crippen LogP contribution in [0.25, 0.3) is 0 Å². The molecule has 0 fully saturated rings. The molecule has 0 saturated heterocycles. The van der Waals surface area contributed by atoms with Crippen molar-refractivity contribution < 1.29 is 19.2 Å². The van der Waals surface area contributed by atoms with E-state index in [1.807, 2.05) is 0 Å². The molecule has 0 aliphatic heterocycles. The van der Waals surface area contributed by atoms with E-state index in [4.69, 9.17) is 4.74 Å². The third kappa shape index (κ3) is 3.63. The summed E-state index contributed by atoms with van der Waals surface area (Å²) in [5.41, 5.74) is 1.36. The minimum atomic E-state index is -0.638. The Kier molecular flexibility index (Phi) is 5.37. The second-order valence-corrected chi connectivity index (χ2v) is 7.67. The molecule has 0 atom stereocenters. The highest BCUT2D eigenvalue weighted by molar-refractivity contribution is 9.10. The van der Waals surface area contributed by atoms with Gasteiger partial charge < -0.3 is 20.2 Å². The number of esters is 1. The number of nitrogens with zero attached hydrogens (tertiary/aromatic N) is 3. The summed E-state index contributed by atoms with van der Waals surface area (Å²) < 4.78 is 6.23. The molecule has 26 heavy (non-hydrogen) atoms. The Hall–Kier alpha value is -2.27. The van der Waals surface area contributed by atoms with Gasteiger partial charge >= 0.3 is 11.8 Å². The van der Waals surface area contributed by atoms with Gasteiger partial charge in [-0.3, -0.25) is 4.79 Å². The molecule has 0 saturated carbocycles. The fourth-order valence-corrected chi connectivity index (χ4v) is 4.63. The van der Waals surface area contributed by atoms with Gasteiger partial charge in [-0.2, -0.15) is 4.68 Å². The van der Waals surface area contributed by atoms with Crippen molar-refractivity contribution in [2.45, 2.75) is 32.2 Å². The van der Waals surface area contributed by atoms with Crippen molar-refractivity contribution in [3.8, 4) is 0 Å². The number of ether oxygens (including phenoxy) is 1. The summed E-state index contributed by atoms with van der Waals surface area (Å²) in [5.74, 6) is -1.27. The van der Waals surface area contributed by atoms with Gasteiger partial charge in [-0.15, -0.1) is 11.3 Å². The second kappa shape index (κ2) is 7.54. The maximum absolute atomic E-state index is 12.3. The average molecular weight is 443 g/mol. The molecule has 9 nitrogen and oxygen atoms in total. The number of thiophene rings is 1. The van der Waals surface area contributed by atoms with E-state index in [0.717, 1.165) is 36.1 Å². The maximum atomic E-state index is 12.3. The van der Waals surface area contributed by atoms with Crippen LogP contribution >= 0.6 is 27.3 Å². The van der Waals surface area contributed by atoms with Crippen LogP contribution in [-0.4, -0.2) is 33.7 Å². The summed E-state index contributed by atoms with van der Waals surface area (Å²) in [6.07, 6.45) is 5.06. The molecule has 0 unspecified atom stereocenters. The zero-order valence-corrected chi connectivity index (χ0v) is 16.2. The summed E-state index contributed by atoms with van der Waals surface area (Å²) >= 11 is 4.42. The molecular formula is C15H15BrN4O5S. The molecular weight excluding hydrogens is 428 g/mol. The van der Waals surface area contributed by atoms with Crippen molar-refractivity contribution in [3.63, 3.8) is 0 Å². The number of nitro groups is 1. The number of amides is 1. The molecule has 2 aromatic heterocycles. The molecule has 2 aromatic rings. The first-order valence-corrected chi connectivity index (χ1v) is 9.41. The van der Waals surface area contributed by atoms with Crippen LogP contribution in [-0.2, 0) is 28.9 Å². The van der Waals surface area contributed by atoms with Crippen molar-refractivity contribution in [1.29, 1.82) is 0 Å². The van der Waals surface area contributed by atoms with Crippen molar-refractivity contribution in [2.75, 3.05) is 12.4 Å². The van der Waals surface area contributed by atoms with Gasteiger partial charge in [0, 0.05) is 4.88 Å². The highest BCUT2D eigenvalue weighted by Gasteiger charge is 2.27. The van der Waals surface area contributed by atoms with E-state index in [0.29, 0.717) is 10.6 Å². The number of aromatic nitrogens is 2. The fourth-order valence-electron chi connectivity index (χ4n) is 2.88. The lowest BCUT2D eigenvalue weighted by molar-refractivity contribution is -0.390. The highest BCUT2D eigenvalue weighted by atomic mass is 79.9. The van der Waals surface area contributed by atoms with Gasteiger partial charge in [-0.05, 0) is 52.1 Å². The van der Waals surface area contributed by atoms with Crippen LogP contribution in [0.4, 0.5) is 10.8 Å². The van der Waals surface area contributed by atoms with Gasteiger partial charge in [-0.25, -0.2) is 4.79 Å². The molecule has 0 radical (unpaired) electrons. The normalized spacial score (nSPS) is 13.2. The van der Waals surface area contributed by atoms with Crippen LogP contribution in [0.15, 0.2) is 10.7 Å². The zero-order chi connectivity index (χ0) is 18.8. The minimum Gasteiger partial charge on any atom is -0.465 e. The first-order valence-electron chi connectivity index (χ1n) is 7.80. The number of carbonyl (C=O) groups excluding carboxylic acids is 2. The predicted octanol–water partition coefficient (Wildman–Crippen LogP) is 2.92. The van der Waals surface area contributed by atoms with Crippen molar-refractivity contribution in [2.24, 2.45) is 0 Å². The number of carbonyl (C=O) groups is 2. The smallest absolute Gasteiger partial charge is 0.404 e. The lowest BCUT2D eigenvalue weighted by Crippen LogP contribution is -2.20. The minimum absolute atomic E-state index is 0.192. The predicted molar refractivity (Wildman–Crippen MR) is 97.5 cm³/mol. The first-order chi connectivity index (χ1) is 12.4. The Morgan fingerprint density at radius 1 is 1.46 bits per heavy atom. The molecule has 1 aliphatic rings. The number of hydrogen-bond acceptors (Lipinski definition) is 7. The zero-order valence-electron chi connectivity index (χ0n) is 13.8. The number of hydrogen-bond donors (Lipinski definition) is 1. The molecule has 1 aliphatic carbocycles. The summed E-state index contributed by atoms with van der Waals surface area (Å²) in [4.78, 5) is 35.8. The fraction of sp³-hybridized carbons (Fsp3) is 0.400. The van der Waals surface area contributed by atoms with Crippen molar-refractivity contribution in [1.82, 2.24) is 9.78 Å². The van der Waals surface area contributed by atoms with E-state index < -0.39 is 16.8 Å². The summed E-state index contributed by atoms with van der Waals surface area (Å²) in [6.45, 7) is -0.213. The molecule has 1 N–H and O–H groups in total. The average Bonchev–Trinajstić information content (AvgIpc) is 3.13. The van der Waals surface area contributed by atoms with Crippen LogP contribution in [0.5, 0.6) is 0 Å². The first kappa shape index (κ1) is 18.5. The van der Waals surface area contributed by atoms with Gasteiger partial charge in [0.25, 0.3) is 0 Å². The number of halogens is 1. The largest absolute Gasteiger partial charge is 0.465 e. The standard InChI is InChI=1S/C15H15BrN4O5S/c1-25-15(22)12-8-4-2-3-5-10(8)26-14(12)17-11(21)7-19-6-9(16)13(18-19)20(23)24/h6H,2-5,7H2,1H3,(H,17,21). The van der Waals surface area contributed by atoms with Gasteiger partial charge in [0.05, 0.1) is 24.0 Å². The number of fused-ring (bicyclic) bond motifs is 1. The summed E-state index contributed by atoms with van der Waals surface area (Å²) in [7, 11) is 1.31. The van der Waals surface area contributed by atoms with Gasteiger partial charge in [0.2, 0.25) is 5.91 Å². The maximum Gasteiger partial charge on any atom is 0.404 e. The van der Waals surface area contributed by atoms with E-state index in [-0.39, 0.29) is 16.8 Å². The van der Waals surface area contributed by atoms with E-state index >= 15 is 0 Å². The number of rotatable bonds is 5. The SMILES string of the molecule is COC(=O)c1c(NC(=O)Cn2cc(Br)c([N+](=O)[O-])n2)sc2c1CCCC2. The molecule has 1 amide bonds. The lowest BCUT2D eigenvalue weighted by Gasteiger charge is -2.11. The third-order valence-corrected chi connectivity index (χ3v) is 5.76. The molecule has 2 heterocycles. The number of aryl methyl sites for hydroxylation is 1. The lowest BCUT2D eigenvalue weighted by atomic mass is 9.95. The van der Waals surface area contributed by atoms with Crippen LogP contribution < -0.4 is 5.32 Å². The molecule has 0 aromatic carbocycles. The van der Waals surface area contributed by atoms with E-state index in [1.54, 1.807) is 0 Å². The van der Waals surface area contributed by atoms with E-state index in [9.17, 15) is 19.7 Å². The Morgan fingerprint density at radius 3 is 2.85 bits per heavy atom. The third-order valence-electron chi connectivity index (χ3n) is 3.99. The monoisotopic (exact) mass is 442 g/mol. The van der Waals surface area contributed by atoms with E-state index in [1.165, 1.54) is 29.3 Å². The molecule has 3 rings (SSSR count). The summed E-state index contributed by atoms with van der Waals surface area (Å²) in [5, 5.41) is 17.8. The number of nitrogens with one attached hydrogen (secondary N) is 1. The van der Waals surface area contributed by atoms with Crippen molar-refractivity contribution in [3.05, 3.63) is 36.8 Å². The Morgan fingerprint density at radius 2 is 2.19 bits per heavy atom. The number of anilines is 1. The van der Waals surface area contributed by atoms with E-state index in [2.05, 4.69) is 26.3 Å². The highest BCUT2D eigenvalue weighted by Crippen LogP contribution is 2.38. The molecule has 0 bridgehead atoms. The number of methoxy groups -OCH3 is 1. The van der Waals surface area contributed by atoms with Gasteiger partial charge in [0.1, 0.15) is 16.0 Å². The van der Waals surface area contributed by atoms with Crippen LogP contribution in [0.2, 0.25) is 0 Å². The molecule has 11 heteroatoms. The molecule has 138 valence electrons. The summed E-state index contributed by atoms with van der Waals surface area (Å²) in [6, 6.07) is 0. The molecule has 0 spiro atoms. The Bertz CT molecular complexity index is 891. The van der Waals surface area contributed by atoms with Gasteiger partial charge in [-0.1, -0.05) is 0 Å². The van der Waals surface area contributed by atoms with Crippen LogP contribution in [0.1, 0.15) is 33.6 Å². The quantitative estimate of drug-likeness (QED) is 0.432.